The van der Waals surface area contributed by atoms with Gasteiger partial charge in [0.2, 0.25) is 0 Å². The Hall–Kier alpha value is -2.88. The average molecular weight is 407 g/mol. The standard InChI is InChI=1S/C19H20F3N5O2/c1-12(28)29-15-4-2-13(3-5-15)14-8-10-26(11-9-14)17-7-6-16-23-24-18(19(20,21)22)27(16)25-17/h2-7,12,14,28H,8-11H2,1H3. The van der Waals surface area contributed by atoms with Gasteiger partial charge in [-0.1, -0.05) is 12.1 Å². The highest BCUT2D eigenvalue weighted by Crippen LogP contribution is 2.32. The van der Waals surface area contributed by atoms with Crippen molar-refractivity contribution in [1.29, 1.82) is 0 Å². The summed E-state index contributed by atoms with van der Waals surface area (Å²) in [6.07, 6.45) is -3.77. The van der Waals surface area contributed by atoms with Crippen LogP contribution in [0.2, 0.25) is 0 Å². The zero-order valence-electron chi connectivity index (χ0n) is 15.7. The van der Waals surface area contributed by atoms with Crippen molar-refractivity contribution in [3.8, 4) is 5.75 Å². The van der Waals surface area contributed by atoms with E-state index in [2.05, 4.69) is 15.3 Å². The number of piperidine rings is 1. The number of hydrogen-bond acceptors (Lipinski definition) is 6. The number of halogens is 3. The van der Waals surface area contributed by atoms with E-state index in [0.717, 1.165) is 17.4 Å². The lowest BCUT2D eigenvalue weighted by Crippen LogP contribution is -2.34. The summed E-state index contributed by atoms with van der Waals surface area (Å²) < 4.78 is 45.2. The molecule has 0 amide bonds. The number of rotatable bonds is 4. The Morgan fingerprint density at radius 3 is 2.38 bits per heavy atom. The molecular formula is C19H20F3N5O2. The molecule has 4 rings (SSSR count). The second-order valence-electron chi connectivity index (χ2n) is 7.03. The minimum atomic E-state index is -4.61. The van der Waals surface area contributed by atoms with Crippen LogP contribution in [0.15, 0.2) is 36.4 Å². The third-order valence-corrected chi connectivity index (χ3v) is 4.98. The summed E-state index contributed by atoms with van der Waals surface area (Å²) in [4.78, 5) is 1.97. The van der Waals surface area contributed by atoms with Gasteiger partial charge in [0.05, 0.1) is 0 Å². The maximum atomic E-state index is 13.1. The summed E-state index contributed by atoms with van der Waals surface area (Å²) in [6.45, 7) is 2.91. The Balaban J connectivity index is 1.45. The Labute approximate surface area is 164 Å². The third kappa shape index (κ3) is 4.12. The Kier molecular flexibility index (Phi) is 5.03. The molecule has 1 atom stereocenters. The van der Waals surface area contributed by atoms with Crippen molar-refractivity contribution in [3.05, 3.63) is 47.8 Å². The smallest absolute Gasteiger partial charge is 0.453 e. The van der Waals surface area contributed by atoms with Crippen LogP contribution in [0.5, 0.6) is 5.75 Å². The van der Waals surface area contributed by atoms with Crippen molar-refractivity contribution in [2.45, 2.75) is 38.1 Å². The van der Waals surface area contributed by atoms with Crippen LogP contribution in [-0.4, -0.2) is 44.3 Å². The molecule has 1 N–H and O–H groups in total. The normalized spacial score (nSPS) is 16.9. The largest absolute Gasteiger partial charge is 0.465 e. The quantitative estimate of drug-likeness (QED) is 0.670. The van der Waals surface area contributed by atoms with Crippen LogP contribution >= 0.6 is 0 Å². The van der Waals surface area contributed by atoms with Crippen LogP contribution in [0.1, 0.15) is 37.1 Å². The molecule has 3 heterocycles. The molecule has 29 heavy (non-hydrogen) atoms. The zero-order chi connectivity index (χ0) is 20.6. The lowest BCUT2D eigenvalue weighted by atomic mass is 9.89. The minimum absolute atomic E-state index is 0.0652. The van der Waals surface area contributed by atoms with E-state index in [0.29, 0.717) is 30.6 Å². The monoisotopic (exact) mass is 407 g/mol. The van der Waals surface area contributed by atoms with Gasteiger partial charge >= 0.3 is 6.18 Å². The molecule has 3 aromatic rings. The van der Waals surface area contributed by atoms with Gasteiger partial charge in [-0.2, -0.15) is 17.7 Å². The van der Waals surface area contributed by atoms with Crippen molar-refractivity contribution in [2.24, 2.45) is 0 Å². The molecule has 0 spiro atoms. The molecule has 10 heteroatoms. The number of aliphatic hydroxyl groups excluding tert-OH is 1. The molecule has 1 unspecified atom stereocenters. The van der Waals surface area contributed by atoms with Crippen molar-refractivity contribution in [2.75, 3.05) is 18.0 Å². The third-order valence-electron chi connectivity index (χ3n) is 4.98. The fourth-order valence-corrected chi connectivity index (χ4v) is 3.58. The van der Waals surface area contributed by atoms with Crippen LogP contribution in [0.25, 0.3) is 5.65 Å². The van der Waals surface area contributed by atoms with Crippen molar-refractivity contribution < 1.29 is 23.0 Å². The first-order valence-electron chi connectivity index (χ1n) is 9.30. The number of benzene rings is 1. The fourth-order valence-electron chi connectivity index (χ4n) is 3.58. The highest BCUT2D eigenvalue weighted by molar-refractivity contribution is 5.46. The van der Waals surface area contributed by atoms with E-state index in [4.69, 9.17) is 4.74 Å². The molecule has 0 aliphatic carbocycles. The molecule has 2 aromatic heterocycles. The van der Waals surface area contributed by atoms with Gasteiger partial charge in [-0.25, -0.2) is 0 Å². The highest BCUT2D eigenvalue weighted by atomic mass is 19.4. The van der Waals surface area contributed by atoms with Crippen LogP contribution in [0.3, 0.4) is 0 Å². The summed E-state index contributed by atoms with van der Waals surface area (Å²) in [5, 5.41) is 20.1. The number of aliphatic hydroxyl groups is 1. The molecule has 7 nitrogen and oxygen atoms in total. The number of aromatic nitrogens is 4. The van der Waals surface area contributed by atoms with E-state index in [-0.39, 0.29) is 5.65 Å². The van der Waals surface area contributed by atoms with Crippen LogP contribution in [0, 0.1) is 0 Å². The molecule has 1 aliphatic rings. The van der Waals surface area contributed by atoms with Gasteiger partial charge in [0.15, 0.2) is 11.9 Å². The topological polar surface area (TPSA) is 75.8 Å². The molecule has 0 bridgehead atoms. The maximum Gasteiger partial charge on any atom is 0.453 e. The lowest BCUT2D eigenvalue weighted by Gasteiger charge is -2.33. The first-order chi connectivity index (χ1) is 13.8. The van der Waals surface area contributed by atoms with Gasteiger partial charge in [0, 0.05) is 13.1 Å². The summed E-state index contributed by atoms with van der Waals surface area (Å²) in [6, 6.07) is 10.8. The van der Waals surface area contributed by atoms with Crippen LogP contribution in [-0.2, 0) is 6.18 Å². The number of nitrogens with zero attached hydrogens (tertiary/aromatic N) is 5. The second-order valence-corrected chi connectivity index (χ2v) is 7.03. The minimum Gasteiger partial charge on any atom is -0.465 e. The Morgan fingerprint density at radius 2 is 1.76 bits per heavy atom. The van der Waals surface area contributed by atoms with Crippen molar-refractivity contribution >= 4 is 11.5 Å². The summed E-state index contributed by atoms with van der Waals surface area (Å²) in [5.41, 5.74) is 1.24. The molecule has 0 saturated carbocycles. The van der Waals surface area contributed by atoms with Gasteiger partial charge in [-0.15, -0.1) is 15.3 Å². The molecule has 1 aromatic carbocycles. The molecule has 1 saturated heterocycles. The number of hydrogen-bond donors (Lipinski definition) is 1. The van der Waals surface area contributed by atoms with Crippen LogP contribution in [0.4, 0.5) is 19.0 Å². The number of ether oxygens (including phenoxy) is 1. The average Bonchev–Trinajstić information content (AvgIpc) is 3.12. The molecule has 0 radical (unpaired) electrons. The van der Waals surface area contributed by atoms with E-state index in [1.54, 1.807) is 13.0 Å². The number of fused-ring (bicyclic) bond motifs is 1. The molecular weight excluding hydrogens is 387 g/mol. The lowest BCUT2D eigenvalue weighted by molar-refractivity contribution is -0.146. The van der Waals surface area contributed by atoms with Crippen LogP contribution < -0.4 is 9.64 Å². The van der Waals surface area contributed by atoms with Gasteiger partial charge in [-0.3, -0.25) is 0 Å². The first-order valence-corrected chi connectivity index (χ1v) is 9.30. The first kappa shape index (κ1) is 19.4. The van der Waals surface area contributed by atoms with E-state index in [1.807, 2.05) is 29.2 Å². The molecule has 1 fully saturated rings. The maximum absolute atomic E-state index is 13.1. The van der Waals surface area contributed by atoms with Gasteiger partial charge < -0.3 is 14.7 Å². The fraction of sp³-hybridized carbons (Fsp3) is 0.421. The van der Waals surface area contributed by atoms with Gasteiger partial charge in [0.25, 0.3) is 5.82 Å². The molecule has 154 valence electrons. The van der Waals surface area contributed by atoms with E-state index in [9.17, 15) is 18.3 Å². The highest BCUT2D eigenvalue weighted by Gasteiger charge is 2.38. The van der Waals surface area contributed by atoms with Gasteiger partial charge in [-0.05, 0) is 55.5 Å². The van der Waals surface area contributed by atoms with E-state index < -0.39 is 18.3 Å². The summed E-state index contributed by atoms with van der Waals surface area (Å²) >= 11 is 0. The van der Waals surface area contributed by atoms with Crippen molar-refractivity contribution in [1.82, 2.24) is 19.8 Å². The number of anilines is 1. The Bertz CT molecular complexity index is 980. The van der Waals surface area contributed by atoms with E-state index >= 15 is 0 Å². The summed E-state index contributed by atoms with van der Waals surface area (Å²) in [7, 11) is 0. The summed E-state index contributed by atoms with van der Waals surface area (Å²) in [5.74, 6) is 0.301. The zero-order valence-corrected chi connectivity index (χ0v) is 15.7. The predicted molar refractivity (Wildman–Crippen MR) is 98.7 cm³/mol. The predicted octanol–water partition coefficient (Wildman–Crippen LogP) is 3.24. The van der Waals surface area contributed by atoms with Crippen molar-refractivity contribution in [3.63, 3.8) is 0 Å². The SMILES string of the molecule is CC(O)Oc1ccc(C2CCN(c3ccc4nnc(C(F)(F)F)n4n3)CC2)cc1. The number of alkyl halides is 3. The molecule has 1 aliphatic heterocycles. The van der Waals surface area contributed by atoms with E-state index in [1.165, 1.54) is 11.6 Å². The Morgan fingerprint density at radius 1 is 1.07 bits per heavy atom. The van der Waals surface area contributed by atoms with Gasteiger partial charge in [0.1, 0.15) is 11.6 Å². The second kappa shape index (κ2) is 7.51.